The topological polar surface area (TPSA) is 55.6 Å². The van der Waals surface area contributed by atoms with Crippen molar-refractivity contribution in [2.45, 2.75) is 57.8 Å². The molecule has 182 valence electrons. The average Bonchev–Trinajstić information content (AvgIpc) is 3.49. The minimum atomic E-state index is -2.51. The Morgan fingerprint density at radius 1 is 1.15 bits per heavy atom. The summed E-state index contributed by atoms with van der Waals surface area (Å²) in [5.74, 6) is 1.16. The summed E-state index contributed by atoms with van der Waals surface area (Å²) in [7, 11) is 0. The van der Waals surface area contributed by atoms with Gasteiger partial charge in [-0.2, -0.15) is 9.47 Å². The molecule has 1 saturated heterocycles. The lowest BCUT2D eigenvalue weighted by molar-refractivity contribution is -0.0498. The number of alkyl halides is 2. The van der Waals surface area contributed by atoms with Gasteiger partial charge in [-0.05, 0) is 86.0 Å². The van der Waals surface area contributed by atoms with Gasteiger partial charge in [-0.1, -0.05) is 0 Å². The number of hydrogen-bond donors (Lipinski definition) is 0. The fourth-order valence-electron chi connectivity index (χ4n) is 6.16. The second-order valence-corrected chi connectivity index (χ2v) is 11.2. The van der Waals surface area contributed by atoms with Gasteiger partial charge in [0.1, 0.15) is 5.00 Å². The van der Waals surface area contributed by atoms with E-state index in [0.717, 1.165) is 36.7 Å². The molecule has 0 amide bonds. The molecule has 3 fully saturated rings. The van der Waals surface area contributed by atoms with Crippen molar-refractivity contribution in [3.63, 3.8) is 0 Å². The predicted molar refractivity (Wildman–Crippen MR) is 128 cm³/mol. The van der Waals surface area contributed by atoms with Crippen LogP contribution in [-0.4, -0.2) is 44.6 Å². The van der Waals surface area contributed by atoms with Gasteiger partial charge in [0.25, 0.3) is 0 Å². The largest absolute Gasteiger partial charge is 0.489 e. The van der Waals surface area contributed by atoms with Crippen LogP contribution in [0.5, 0.6) is 5.75 Å². The second-order valence-electron chi connectivity index (χ2n) is 10.5. The van der Waals surface area contributed by atoms with Crippen LogP contribution >= 0.6 is 11.5 Å². The first-order valence-electron chi connectivity index (χ1n) is 12.5. The summed E-state index contributed by atoms with van der Waals surface area (Å²) in [6.45, 7) is 4.69. The monoisotopic (exact) mass is 487 g/mol. The van der Waals surface area contributed by atoms with E-state index < -0.39 is 5.92 Å². The van der Waals surface area contributed by atoms with Gasteiger partial charge >= 0.3 is 0 Å². The summed E-state index contributed by atoms with van der Waals surface area (Å²) >= 11 is 1.61. The van der Waals surface area contributed by atoms with Crippen LogP contribution in [0.2, 0.25) is 0 Å². The molecule has 6 rings (SSSR count). The van der Waals surface area contributed by atoms with Crippen molar-refractivity contribution in [3.05, 3.63) is 35.9 Å². The summed E-state index contributed by atoms with van der Waals surface area (Å²) in [6, 6.07) is 6.02. The average molecular weight is 488 g/mol. The fraction of sp³-hybridized carbons (Fsp3) is 0.640. The molecular weight excluding hydrogens is 456 g/mol. The number of fused-ring (bicyclic) bond motifs is 3. The SMILES string of the molecule is Cc1cc(N2C[C@H]3CC[C@@H](C2)C3Cc2nc3c(OCC4CCC(F)(F)CC4)cccn3n2)sn1. The van der Waals surface area contributed by atoms with E-state index in [9.17, 15) is 8.78 Å². The molecule has 3 aromatic rings. The number of halogens is 2. The summed E-state index contributed by atoms with van der Waals surface area (Å²) in [4.78, 5) is 7.38. The Labute approximate surface area is 202 Å². The molecule has 2 bridgehead atoms. The minimum Gasteiger partial charge on any atom is -0.489 e. The van der Waals surface area contributed by atoms with E-state index >= 15 is 0 Å². The molecule has 0 aromatic carbocycles. The fourth-order valence-corrected chi connectivity index (χ4v) is 6.94. The van der Waals surface area contributed by atoms with Crippen LogP contribution in [0.15, 0.2) is 24.4 Å². The van der Waals surface area contributed by atoms with Crippen molar-refractivity contribution in [2.75, 3.05) is 24.6 Å². The molecule has 3 aromatic heterocycles. The molecule has 0 spiro atoms. The molecule has 9 heteroatoms. The lowest BCUT2D eigenvalue weighted by Crippen LogP contribution is -2.42. The number of aromatic nitrogens is 4. The van der Waals surface area contributed by atoms with E-state index in [2.05, 4.69) is 22.3 Å². The highest BCUT2D eigenvalue weighted by Gasteiger charge is 2.43. The van der Waals surface area contributed by atoms with Gasteiger partial charge in [0, 0.05) is 38.5 Å². The van der Waals surface area contributed by atoms with Gasteiger partial charge in [-0.3, -0.25) is 0 Å². The Balaban J connectivity index is 1.12. The van der Waals surface area contributed by atoms with Crippen LogP contribution in [-0.2, 0) is 6.42 Å². The molecule has 34 heavy (non-hydrogen) atoms. The van der Waals surface area contributed by atoms with Crippen LogP contribution in [0.3, 0.4) is 0 Å². The summed E-state index contributed by atoms with van der Waals surface area (Å²) < 4.78 is 39.2. The molecule has 0 N–H and O–H groups in total. The van der Waals surface area contributed by atoms with E-state index in [1.54, 1.807) is 16.0 Å². The molecule has 6 nitrogen and oxygen atoms in total. The van der Waals surface area contributed by atoms with Crippen LogP contribution in [0, 0.1) is 30.6 Å². The third-order valence-electron chi connectivity index (χ3n) is 8.06. The van der Waals surface area contributed by atoms with Crippen molar-refractivity contribution in [2.24, 2.45) is 23.7 Å². The van der Waals surface area contributed by atoms with E-state index in [1.807, 2.05) is 18.3 Å². The molecule has 2 saturated carbocycles. The van der Waals surface area contributed by atoms with Gasteiger partial charge in [-0.15, -0.1) is 0 Å². The van der Waals surface area contributed by atoms with Gasteiger partial charge < -0.3 is 9.64 Å². The Morgan fingerprint density at radius 3 is 2.62 bits per heavy atom. The Kier molecular flexibility index (Phi) is 5.70. The summed E-state index contributed by atoms with van der Waals surface area (Å²) in [5.41, 5.74) is 1.83. The van der Waals surface area contributed by atoms with Crippen molar-refractivity contribution < 1.29 is 13.5 Å². The maximum atomic E-state index is 13.4. The number of piperidine rings is 1. The van der Waals surface area contributed by atoms with Crippen LogP contribution in [0.25, 0.3) is 5.65 Å². The maximum absolute atomic E-state index is 13.4. The normalized spacial score (nSPS) is 26.9. The second kappa shape index (κ2) is 8.73. The number of nitrogens with zero attached hydrogens (tertiary/aromatic N) is 5. The third kappa shape index (κ3) is 4.39. The van der Waals surface area contributed by atoms with Crippen molar-refractivity contribution in [1.82, 2.24) is 19.0 Å². The molecule has 1 aliphatic heterocycles. The standard InChI is InChI=1S/C25H31F2N5OS/c1-16-11-23(34-30-16)31-13-18-4-5-19(14-31)20(18)12-22-28-24-21(3-2-10-32(24)29-22)33-15-17-6-8-25(26,27)9-7-17/h2-3,10-11,17-20H,4-9,12-15H2,1H3/t18-,19+,20?. The van der Waals surface area contributed by atoms with E-state index in [1.165, 1.54) is 17.8 Å². The molecular formula is C25H31F2N5OS. The van der Waals surface area contributed by atoms with Crippen molar-refractivity contribution in [3.8, 4) is 5.75 Å². The lowest BCUT2D eigenvalue weighted by atomic mass is 9.82. The zero-order valence-corrected chi connectivity index (χ0v) is 20.3. The molecule has 1 unspecified atom stereocenters. The number of aryl methyl sites for hydroxylation is 1. The number of hydrogen-bond acceptors (Lipinski definition) is 6. The highest BCUT2D eigenvalue weighted by atomic mass is 32.1. The summed E-state index contributed by atoms with van der Waals surface area (Å²) in [5, 5.41) is 6.06. The van der Waals surface area contributed by atoms with Gasteiger partial charge in [0.15, 0.2) is 17.2 Å². The Hall–Kier alpha value is -2.29. The lowest BCUT2D eigenvalue weighted by Gasteiger charge is -2.38. The minimum absolute atomic E-state index is 0.0376. The number of pyridine rings is 1. The van der Waals surface area contributed by atoms with E-state index in [0.29, 0.717) is 43.0 Å². The third-order valence-corrected chi connectivity index (χ3v) is 9.00. The molecule has 0 radical (unpaired) electrons. The Bertz CT molecular complexity index is 1140. The van der Waals surface area contributed by atoms with Crippen LogP contribution in [0.1, 0.15) is 50.0 Å². The zero-order valence-electron chi connectivity index (χ0n) is 19.5. The molecule has 3 aliphatic rings. The van der Waals surface area contributed by atoms with Crippen molar-refractivity contribution >= 4 is 22.2 Å². The summed E-state index contributed by atoms with van der Waals surface area (Å²) in [6.07, 6.45) is 6.28. The highest BCUT2D eigenvalue weighted by molar-refractivity contribution is 7.10. The first-order valence-corrected chi connectivity index (χ1v) is 13.2. The highest BCUT2D eigenvalue weighted by Crippen LogP contribution is 2.45. The quantitative estimate of drug-likeness (QED) is 0.466. The zero-order chi connectivity index (χ0) is 23.3. The number of anilines is 1. The van der Waals surface area contributed by atoms with Gasteiger partial charge in [-0.25, -0.2) is 18.3 Å². The van der Waals surface area contributed by atoms with Crippen LogP contribution in [0.4, 0.5) is 13.8 Å². The van der Waals surface area contributed by atoms with E-state index in [4.69, 9.17) is 14.8 Å². The maximum Gasteiger partial charge on any atom is 0.248 e. The van der Waals surface area contributed by atoms with Gasteiger partial charge in [0.2, 0.25) is 5.92 Å². The number of rotatable bonds is 6. The Morgan fingerprint density at radius 2 is 1.91 bits per heavy atom. The first-order chi connectivity index (χ1) is 16.4. The number of ether oxygens (including phenoxy) is 1. The molecule has 4 heterocycles. The van der Waals surface area contributed by atoms with Crippen molar-refractivity contribution in [1.29, 1.82) is 0 Å². The smallest absolute Gasteiger partial charge is 0.248 e. The molecule has 2 aliphatic carbocycles. The van der Waals surface area contributed by atoms with Crippen LogP contribution < -0.4 is 9.64 Å². The predicted octanol–water partition coefficient (Wildman–Crippen LogP) is 5.40. The molecule has 3 atom stereocenters. The van der Waals surface area contributed by atoms with E-state index in [-0.39, 0.29) is 18.8 Å². The first kappa shape index (κ1) is 22.2. The van der Waals surface area contributed by atoms with Gasteiger partial charge in [0.05, 0.1) is 12.3 Å².